The maximum Gasteiger partial charge on any atom is 0.0783 e. The van der Waals surface area contributed by atoms with Crippen molar-refractivity contribution < 1.29 is 4.74 Å². The molecule has 3 unspecified atom stereocenters. The zero-order valence-corrected chi connectivity index (χ0v) is 13.1. The maximum absolute atomic E-state index is 6.11. The number of hydrogen-bond donors (Lipinski definition) is 2. The van der Waals surface area contributed by atoms with Crippen LogP contribution < -0.4 is 11.3 Å². The predicted molar refractivity (Wildman–Crippen MR) is 84.9 cm³/mol. The number of halogens is 1. The molecule has 1 spiro atoms. The van der Waals surface area contributed by atoms with E-state index >= 15 is 0 Å². The molecule has 0 radical (unpaired) electrons. The van der Waals surface area contributed by atoms with Crippen LogP contribution in [0.4, 0.5) is 0 Å². The van der Waals surface area contributed by atoms with E-state index < -0.39 is 0 Å². The molecule has 3 rings (SSSR count). The van der Waals surface area contributed by atoms with Gasteiger partial charge in [0.1, 0.15) is 0 Å². The first-order valence-electron chi connectivity index (χ1n) is 7.16. The number of nitrogens with two attached hydrogens (primary N) is 1. The van der Waals surface area contributed by atoms with Gasteiger partial charge in [-0.25, -0.2) is 0 Å². The molecule has 0 bridgehead atoms. The zero-order chi connectivity index (χ0) is 14.0. The molecule has 0 saturated carbocycles. The van der Waals surface area contributed by atoms with Crippen molar-refractivity contribution in [2.24, 2.45) is 11.8 Å². The van der Waals surface area contributed by atoms with Crippen LogP contribution in [0.3, 0.4) is 0 Å². The third-order valence-corrected chi connectivity index (χ3v) is 5.92. The first-order valence-corrected chi connectivity index (χ1v) is 8.69. The van der Waals surface area contributed by atoms with Gasteiger partial charge in [0, 0.05) is 23.4 Å². The minimum Gasteiger partial charge on any atom is -0.374 e. The predicted octanol–water partition coefficient (Wildman–Crippen LogP) is 3.15. The number of hydrogen-bond acceptors (Lipinski definition) is 4. The summed E-state index contributed by atoms with van der Waals surface area (Å²) < 4.78 is 6.10. The van der Waals surface area contributed by atoms with Crippen molar-refractivity contribution in [1.29, 1.82) is 0 Å². The molecule has 110 valence electrons. The highest BCUT2D eigenvalue weighted by molar-refractivity contribution is 7.99. The van der Waals surface area contributed by atoms with Gasteiger partial charge in [0.05, 0.1) is 5.60 Å². The van der Waals surface area contributed by atoms with Gasteiger partial charge in [0.25, 0.3) is 0 Å². The highest BCUT2D eigenvalue weighted by Crippen LogP contribution is 2.43. The van der Waals surface area contributed by atoms with Crippen LogP contribution in [0.15, 0.2) is 24.3 Å². The van der Waals surface area contributed by atoms with Crippen molar-refractivity contribution in [3.05, 3.63) is 34.9 Å². The molecule has 0 aromatic heterocycles. The van der Waals surface area contributed by atoms with Gasteiger partial charge >= 0.3 is 0 Å². The molecule has 2 fully saturated rings. The van der Waals surface area contributed by atoms with E-state index in [1.165, 1.54) is 17.7 Å². The summed E-state index contributed by atoms with van der Waals surface area (Å²) in [6, 6.07) is 8.15. The smallest absolute Gasteiger partial charge is 0.0783 e. The number of thioether (sulfide) groups is 1. The van der Waals surface area contributed by atoms with Crippen molar-refractivity contribution in [3.8, 4) is 0 Å². The standard InChI is InChI=1S/C15H21ClN2OS/c16-13-3-1-2-11(8-13)14(18-17)12-4-6-19-15(9-12)5-7-20-10-15/h1-3,8,12,14,18H,4-7,9-10,17H2. The summed E-state index contributed by atoms with van der Waals surface area (Å²) in [4.78, 5) is 0. The summed E-state index contributed by atoms with van der Waals surface area (Å²) >= 11 is 8.11. The third kappa shape index (κ3) is 3.00. The molecule has 3 atom stereocenters. The lowest BCUT2D eigenvalue weighted by molar-refractivity contribution is -0.0854. The third-order valence-electron chi connectivity index (χ3n) is 4.46. The second kappa shape index (κ2) is 6.24. The van der Waals surface area contributed by atoms with Gasteiger partial charge in [0.15, 0.2) is 0 Å². The Balaban J connectivity index is 1.78. The van der Waals surface area contributed by atoms with E-state index in [1.807, 2.05) is 30.0 Å². The molecule has 2 aliphatic heterocycles. The first-order chi connectivity index (χ1) is 9.72. The number of nitrogens with one attached hydrogen (secondary N) is 1. The van der Waals surface area contributed by atoms with Crippen LogP contribution in [-0.2, 0) is 4.74 Å². The van der Waals surface area contributed by atoms with Crippen molar-refractivity contribution in [1.82, 2.24) is 5.43 Å². The van der Waals surface area contributed by atoms with Crippen LogP contribution in [-0.4, -0.2) is 23.7 Å². The highest BCUT2D eigenvalue weighted by atomic mass is 35.5. The van der Waals surface area contributed by atoms with E-state index in [1.54, 1.807) is 0 Å². The van der Waals surface area contributed by atoms with Gasteiger partial charge in [-0.05, 0) is 48.6 Å². The summed E-state index contributed by atoms with van der Waals surface area (Å²) in [5.41, 5.74) is 4.26. The molecule has 2 saturated heterocycles. The summed E-state index contributed by atoms with van der Waals surface area (Å²) in [5, 5.41) is 0.765. The van der Waals surface area contributed by atoms with Gasteiger partial charge in [-0.15, -0.1) is 0 Å². The van der Waals surface area contributed by atoms with E-state index in [2.05, 4.69) is 11.5 Å². The number of rotatable bonds is 3. The molecule has 2 aliphatic rings. The second-order valence-corrected chi connectivity index (χ2v) is 7.33. The van der Waals surface area contributed by atoms with Gasteiger partial charge < -0.3 is 4.74 Å². The van der Waals surface area contributed by atoms with Crippen molar-refractivity contribution in [2.45, 2.75) is 30.9 Å². The first kappa shape index (κ1) is 14.7. The van der Waals surface area contributed by atoms with E-state index in [4.69, 9.17) is 22.2 Å². The molecule has 2 heterocycles. The monoisotopic (exact) mass is 312 g/mol. The van der Waals surface area contributed by atoms with Crippen LogP contribution in [0.2, 0.25) is 5.02 Å². The Kier molecular flexibility index (Phi) is 4.58. The largest absolute Gasteiger partial charge is 0.374 e. The Morgan fingerprint density at radius 1 is 1.50 bits per heavy atom. The van der Waals surface area contributed by atoms with E-state index in [0.29, 0.717) is 5.92 Å². The van der Waals surface area contributed by atoms with Gasteiger partial charge in [-0.1, -0.05) is 23.7 Å². The fraction of sp³-hybridized carbons (Fsp3) is 0.600. The Hall–Kier alpha value is -0.260. The van der Waals surface area contributed by atoms with Crippen LogP contribution in [0.25, 0.3) is 0 Å². The lowest BCUT2D eigenvalue weighted by Crippen LogP contribution is -2.45. The minimum atomic E-state index is 0.0846. The Labute approximate surface area is 129 Å². The van der Waals surface area contributed by atoms with Crippen LogP contribution in [0.5, 0.6) is 0 Å². The SMILES string of the molecule is NNC(c1cccc(Cl)c1)C1CCOC2(CCSC2)C1. The van der Waals surface area contributed by atoms with Gasteiger partial charge in [-0.3, -0.25) is 11.3 Å². The summed E-state index contributed by atoms with van der Waals surface area (Å²) in [5.74, 6) is 8.67. The van der Waals surface area contributed by atoms with Gasteiger partial charge in [-0.2, -0.15) is 11.8 Å². The number of benzene rings is 1. The van der Waals surface area contributed by atoms with Crippen molar-refractivity contribution in [2.75, 3.05) is 18.1 Å². The molecular weight excluding hydrogens is 292 g/mol. The van der Waals surface area contributed by atoms with Crippen LogP contribution in [0, 0.1) is 5.92 Å². The average Bonchev–Trinajstić information content (AvgIpc) is 2.88. The summed E-state index contributed by atoms with van der Waals surface area (Å²) in [7, 11) is 0. The van der Waals surface area contributed by atoms with Crippen molar-refractivity contribution in [3.63, 3.8) is 0 Å². The summed E-state index contributed by atoms with van der Waals surface area (Å²) in [6.07, 6.45) is 3.30. The van der Waals surface area contributed by atoms with E-state index in [9.17, 15) is 0 Å². The lowest BCUT2D eigenvalue weighted by atomic mass is 9.79. The Morgan fingerprint density at radius 2 is 2.40 bits per heavy atom. The molecule has 3 nitrogen and oxygen atoms in total. The topological polar surface area (TPSA) is 47.3 Å². The minimum absolute atomic E-state index is 0.0846. The van der Waals surface area contributed by atoms with E-state index in [-0.39, 0.29) is 11.6 Å². The molecule has 1 aromatic rings. The van der Waals surface area contributed by atoms with Crippen LogP contribution in [0.1, 0.15) is 30.9 Å². The van der Waals surface area contributed by atoms with Crippen molar-refractivity contribution >= 4 is 23.4 Å². The highest BCUT2D eigenvalue weighted by Gasteiger charge is 2.42. The fourth-order valence-electron chi connectivity index (χ4n) is 3.42. The second-order valence-electron chi connectivity index (χ2n) is 5.79. The molecule has 0 aliphatic carbocycles. The summed E-state index contributed by atoms with van der Waals surface area (Å²) in [6.45, 7) is 0.837. The quantitative estimate of drug-likeness (QED) is 0.665. The molecule has 3 N–H and O–H groups in total. The normalized spacial score (nSPS) is 31.6. The van der Waals surface area contributed by atoms with E-state index in [0.717, 1.165) is 30.2 Å². The number of ether oxygens (including phenoxy) is 1. The number of hydrazine groups is 1. The molecule has 0 amide bonds. The fourth-order valence-corrected chi connectivity index (χ4v) is 4.99. The molecule has 20 heavy (non-hydrogen) atoms. The van der Waals surface area contributed by atoms with Crippen LogP contribution >= 0.6 is 23.4 Å². The van der Waals surface area contributed by atoms with Gasteiger partial charge in [0.2, 0.25) is 0 Å². The zero-order valence-electron chi connectivity index (χ0n) is 11.5. The molecule has 5 heteroatoms. The average molecular weight is 313 g/mol. The lowest BCUT2D eigenvalue weighted by Gasteiger charge is -2.40. The Bertz CT molecular complexity index is 465. The molecular formula is C15H21ClN2OS. The molecule has 1 aromatic carbocycles. The maximum atomic E-state index is 6.11. The Morgan fingerprint density at radius 3 is 3.10 bits per heavy atom.